The molecule has 2 aromatic rings. The number of anilines is 1. The molecule has 0 spiro atoms. The van der Waals surface area contributed by atoms with Crippen LogP contribution < -0.4 is 10.1 Å². The molecule has 116 valence electrons. The number of carbonyl (C=O) groups excluding carboxylic acids is 1. The number of benzene rings is 2. The van der Waals surface area contributed by atoms with Gasteiger partial charge in [0, 0.05) is 11.3 Å². The molecule has 0 heterocycles. The number of aryl methyl sites for hydroxylation is 1. The smallest absolute Gasteiger partial charge is 0.266 e. The minimum atomic E-state index is -0.438. The zero-order chi connectivity index (χ0) is 16.8. The van der Waals surface area contributed by atoms with Crippen molar-refractivity contribution in [1.82, 2.24) is 0 Å². The number of hydrogen-bond donors (Lipinski definition) is 1. The molecule has 1 N–H and O–H groups in total. The molecule has 1 amide bonds. The zero-order valence-corrected chi connectivity index (χ0v) is 13.4. The third-order valence-electron chi connectivity index (χ3n) is 3.66. The molecular formula is C19H18N2O2. The molecule has 0 unspecified atom stereocenters. The Morgan fingerprint density at radius 2 is 1.91 bits per heavy atom. The molecule has 0 saturated carbocycles. The van der Waals surface area contributed by atoms with Crippen molar-refractivity contribution in [3.8, 4) is 11.8 Å². The molecule has 0 aliphatic rings. The lowest BCUT2D eigenvalue weighted by atomic mass is 10.1. The average Bonchev–Trinajstić information content (AvgIpc) is 2.57. The summed E-state index contributed by atoms with van der Waals surface area (Å²) >= 11 is 0. The van der Waals surface area contributed by atoms with E-state index < -0.39 is 5.91 Å². The zero-order valence-electron chi connectivity index (χ0n) is 13.4. The van der Waals surface area contributed by atoms with Gasteiger partial charge in [0.1, 0.15) is 17.4 Å². The number of nitrogens with zero attached hydrogens (tertiary/aromatic N) is 1. The van der Waals surface area contributed by atoms with E-state index in [0.29, 0.717) is 17.0 Å². The fourth-order valence-electron chi connectivity index (χ4n) is 2.17. The molecular weight excluding hydrogens is 288 g/mol. The van der Waals surface area contributed by atoms with Crippen LogP contribution in [0.2, 0.25) is 0 Å². The molecule has 0 aliphatic heterocycles. The molecule has 0 saturated heterocycles. The summed E-state index contributed by atoms with van der Waals surface area (Å²) in [5.74, 6) is 0.173. The monoisotopic (exact) mass is 306 g/mol. The second kappa shape index (κ2) is 7.28. The molecule has 0 atom stereocenters. The Hall–Kier alpha value is -3.06. The van der Waals surface area contributed by atoms with Crippen LogP contribution in [0.5, 0.6) is 5.75 Å². The van der Waals surface area contributed by atoms with E-state index in [4.69, 9.17) is 4.74 Å². The lowest BCUT2D eigenvalue weighted by Gasteiger charge is -2.10. The number of nitrogens with one attached hydrogen (secondary N) is 1. The Morgan fingerprint density at radius 3 is 2.61 bits per heavy atom. The first-order chi connectivity index (χ1) is 11.1. The van der Waals surface area contributed by atoms with Crippen LogP contribution in [0.3, 0.4) is 0 Å². The summed E-state index contributed by atoms with van der Waals surface area (Å²) in [6.07, 6.45) is 1.53. The quantitative estimate of drug-likeness (QED) is 0.689. The molecule has 0 aromatic heterocycles. The van der Waals surface area contributed by atoms with E-state index in [1.165, 1.54) is 6.08 Å². The number of hydrogen-bond acceptors (Lipinski definition) is 3. The molecule has 2 rings (SSSR count). The lowest BCUT2D eigenvalue weighted by Crippen LogP contribution is -2.14. The SMILES string of the molecule is COc1ccccc1/C=C(/C#N)C(=O)Nc1cccc(C)c1C. The van der Waals surface area contributed by atoms with Crippen LogP contribution >= 0.6 is 0 Å². The predicted octanol–water partition coefficient (Wildman–Crippen LogP) is 3.86. The minimum absolute atomic E-state index is 0.0235. The molecule has 2 aromatic carbocycles. The fourth-order valence-corrected chi connectivity index (χ4v) is 2.17. The molecule has 0 bridgehead atoms. The fraction of sp³-hybridized carbons (Fsp3) is 0.158. The topological polar surface area (TPSA) is 62.1 Å². The van der Waals surface area contributed by atoms with Gasteiger partial charge in [-0.15, -0.1) is 0 Å². The Morgan fingerprint density at radius 1 is 1.17 bits per heavy atom. The normalized spacial score (nSPS) is 10.8. The number of amides is 1. The number of nitriles is 1. The van der Waals surface area contributed by atoms with E-state index >= 15 is 0 Å². The average molecular weight is 306 g/mol. The maximum atomic E-state index is 12.4. The van der Waals surface area contributed by atoms with E-state index in [0.717, 1.165) is 11.1 Å². The van der Waals surface area contributed by atoms with Crippen LogP contribution in [0, 0.1) is 25.2 Å². The Labute approximate surface area is 136 Å². The van der Waals surface area contributed by atoms with Gasteiger partial charge in [-0.25, -0.2) is 0 Å². The van der Waals surface area contributed by atoms with Crippen molar-refractivity contribution < 1.29 is 9.53 Å². The largest absolute Gasteiger partial charge is 0.496 e. The van der Waals surface area contributed by atoms with Crippen molar-refractivity contribution in [1.29, 1.82) is 5.26 Å². The molecule has 0 fully saturated rings. The van der Waals surface area contributed by atoms with Crippen LogP contribution in [0.15, 0.2) is 48.0 Å². The Balaban J connectivity index is 2.31. The summed E-state index contributed by atoms with van der Waals surface area (Å²) in [5, 5.41) is 12.1. The molecule has 0 aliphatic carbocycles. The van der Waals surface area contributed by atoms with Crippen LogP contribution in [0.1, 0.15) is 16.7 Å². The molecule has 4 heteroatoms. The van der Waals surface area contributed by atoms with Gasteiger partial charge in [-0.3, -0.25) is 4.79 Å². The van der Waals surface area contributed by atoms with E-state index in [1.54, 1.807) is 19.2 Å². The van der Waals surface area contributed by atoms with Crippen molar-refractivity contribution in [2.75, 3.05) is 12.4 Å². The standard InChI is InChI=1S/C19H18N2O2/c1-13-7-6-9-17(14(13)2)21-19(22)16(12-20)11-15-8-4-5-10-18(15)23-3/h4-11H,1-3H3,(H,21,22)/b16-11-. The second-order valence-corrected chi connectivity index (χ2v) is 5.11. The third kappa shape index (κ3) is 3.78. The van der Waals surface area contributed by atoms with Gasteiger partial charge >= 0.3 is 0 Å². The lowest BCUT2D eigenvalue weighted by molar-refractivity contribution is -0.112. The summed E-state index contributed by atoms with van der Waals surface area (Å²) in [6, 6.07) is 14.8. The first-order valence-electron chi connectivity index (χ1n) is 7.19. The number of methoxy groups -OCH3 is 1. The van der Waals surface area contributed by atoms with Gasteiger partial charge in [-0.05, 0) is 43.2 Å². The summed E-state index contributed by atoms with van der Waals surface area (Å²) in [4.78, 5) is 12.4. The van der Waals surface area contributed by atoms with Gasteiger partial charge in [-0.2, -0.15) is 5.26 Å². The van der Waals surface area contributed by atoms with Gasteiger partial charge in [-0.1, -0.05) is 30.3 Å². The van der Waals surface area contributed by atoms with Crippen LogP contribution in [0.4, 0.5) is 5.69 Å². The van der Waals surface area contributed by atoms with E-state index in [9.17, 15) is 10.1 Å². The highest BCUT2D eigenvalue weighted by molar-refractivity contribution is 6.10. The number of carbonyl (C=O) groups is 1. The van der Waals surface area contributed by atoms with Crippen LogP contribution in [-0.4, -0.2) is 13.0 Å². The van der Waals surface area contributed by atoms with Crippen molar-refractivity contribution in [3.63, 3.8) is 0 Å². The highest BCUT2D eigenvalue weighted by Gasteiger charge is 2.12. The van der Waals surface area contributed by atoms with Gasteiger partial charge in [0.05, 0.1) is 7.11 Å². The van der Waals surface area contributed by atoms with Gasteiger partial charge < -0.3 is 10.1 Å². The second-order valence-electron chi connectivity index (χ2n) is 5.11. The highest BCUT2D eigenvalue weighted by Crippen LogP contribution is 2.22. The van der Waals surface area contributed by atoms with E-state index in [-0.39, 0.29) is 5.57 Å². The summed E-state index contributed by atoms with van der Waals surface area (Å²) < 4.78 is 5.24. The number of ether oxygens (including phenoxy) is 1. The Bertz CT molecular complexity index is 801. The maximum Gasteiger partial charge on any atom is 0.266 e. The first kappa shape index (κ1) is 16.3. The highest BCUT2D eigenvalue weighted by atomic mass is 16.5. The van der Waals surface area contributed by atoms with Crippen molar-refractivity contribution >= 4 is 17.7 Å². The van der Waals surface area contributed by atoms with Crippen LogP contribution in [0.25, 0.3) is 6.08 Å². The van der Waals surface area contributed by atoms with Gasteiger partial charge in [0.15, 0.2) is 0 Å². The number of para-hydroxylation sites is 1. The van der Waals surface area contributed by atoms with Gasteiger partial charge in [0.2, 0.25) is 0 Å². The third-order valence-corrected chi connectivity index (χ3v) is 3.66. The van der Waals surface area contributed by atoms with Crippen molar-refractivity contribution in [2.45, 2.75) is 13.8 Å². The van der Waals surface area contributed by atoms with Gasteiger partial charge in [0.25, 0.3) is 5.91 Å². The van der Waals surface area contributed by atoms with Crippen LogP contribution in [-0.2, 0) is 4.79 Å². The van der Waals surface area contributed by atoms with Crippen molar-refractivity contribution in [2.24, 2.45) is 0 Å². The molecule has 4 nitrogen and oxygen atoms in total. The summed E-state index contributed by atoms with van der Waals surface area (Å²) in [6.45, 7) is 3.90. The predicted molar refractivity (Wildman–Crippen MR) is 91.1 cm³/mol. The molecule has 0 radical (unpaired) electrons. The molecule has 23 heavy (non-hydrogen) atoms. The van der Waals surface area contributed by atoms with E-state index in [2.05, 4.69) is 5.32 Å². The summed E-state index contributed by atoms with van der Waals surface area (Å²) in [5.41, 5.74) is 3.47. The summed E-state index contributed by atoms with van der Waals surface area (Å²) in [7, 11) is 1.55. The Kier molecular flexibility index (Phi) is 5.16. The van der Waals surface area contributed by atoms with Crippen molar-refractivity contribution in [3.05, 3.63) is 64.7 Å². The minimum Gasteiger partial charge on any atom is -0.496 e. The number of rotatable bonds is 4. The maximum absolute atomic E-state index is 12.4. The van der Waals surface area contributed by atoms with E-state index in [1.807, 2.05) is 50.2 Å². The first-order valence-corrected chi connectivity index (χ1v) is 7.19.